The summed E-state index contributed by atoms with van der Waals surface area (Å²) in [6.45, 7) is 3.05. The monoisotopic (exact) mass is 434 g/mol. The number of nitrogens with zero attached hydrogens (tertiary/aromatic N) is 2. The minimum atomic E-state index is -4.30. The molecule has 6 nitrogen and oxygen atoms in total. The van der Waals surface area contributed by atoms with Gasteiger partial charge in [-0.1, -0.05) is 31.2 Å². The predicted octanol–water partition coefficient (Wildman–Crippen LogP) is 3.17. The lowest BCUT2D eigenvalue weighted by Crippen LogP contribution is -2.63. The van der Waals surface area contributed by atoms with Gasteiger partial charge in [0.2, 0.25) is 0 Å². The van der Waals surface area contributed by atoms with Crippen LogP contribution in [-0.4, -0.2) is 52.3 Å². The molecule has 9 heteroatoms. The van der Waals surface area contributed by atoms with Gasteiger partial charge in [0.25, 0.3) is 0 Å². The average Bonchev–Trinajstić information content (AvgIpc) is 3.54. The lowest BCUT2D eigenvalue weighted by Gasteiger charge is -2.55. The predicted molar refractivity (Wildman–Crippen MR) is 108 cm³/mol. The van der Waals surface area contributed by atoms with Crippen LogP contribution in [0.2, 0.25) is 0 Å². The van der Waals surface area contributed by atoms with Gasteiger partial charge < -0.3 is 10.0 Å². The standard InChI is InChI=1S/C22H25F3N4O2/c1-19(12-29(2)13-19)21(30,17-9-14(10-27-11-17)18(26)28-31)16-5-3-15(4-6-16)20(7-8-20)22(23,24)25/h3-6,9-11,30-31H,7-8,12-13H2,1-2H3,(H2,26,28). The number of benzene rings is 1. The summed E-state index contributed by atoms with van der Waals surface area (Å²) < 4.78 is 40.6. The van der Waals surface area contributed by atoms with Crippen LogP contribution in [0.5, 0.6) is 0 Å². The highest BCUT2D eigenvalue weighted by Gasteiger charge is 2.64. The smallest absolute Gasteiger partial charge is 0.380 e. The molecule has 1 aromatic heterocycles. The normalized spacial score (nSPS) is 21.6. The first-order valence-corrected chi connectivity index (χ1v) is 10.0. The first-order valence-electron chi connectivity index (χ1n) is 10.0. The van der Waals surface area contributed by atoms with E-state index in [0.29, 0.717) is 24.2 Å². The second kappa shape index (κ2) is 7.01. The van der Waals surface area contributed by atoms with E-state index >= 15 is 0 Å². The maximum Gasteiger partial charge on any atom is 0.398 e. The molecule has 4 N–H and O–H groups in total. The quantitative estimate of drug-likeness (QED) is 0.330. The van der Waals surface area contributed by atoms with E-state index in [4.69, 9.17) is 10.6 Å². The average molecular weight is 434 g/mol. The van der Waals surface area contributed by atoms with Crippen LogP contribution < -0.4 is 5.48 Å². The fourth-order valence-corrected chi connectivity index (χ4v) is 4.97. The van der Waals surface area contributed by atoms with Crippen LogP contribution in [-0.2, 0) is 11.0 Å². The van der Waals surface area contributed by atoms with Gasteiger partial charge in [0.05, 0.1) is 5.41 Å². The van der Waals surface area contributed by atoms with Gasteiger partial charge in [0.1, 0.15) is 5.60 Å². The van der Waals surface area contributed by atoms with E-state index in [9.17, 15) is 18.3 Å². The van der Waals surface area contributed by atoms with E-state index in [1.54, 1.807) is 23.7 Å². The zero-order valence-corrected chi connectivity index (χ0v) is 17.3. The van der Waals surface area contributed by atoms with Crippen molar-refractivity contribution in [3.63, 3.8) is 0 Å². The molecule has 31 heavy (non-hydrogen) atoms. The highest BCUT2D eigenvalue weighted by molar-refractivity contribution is 5.95. The van der Waals surface area contributed by atoms with Crippen LogP contribution in [0.4, 0.5) is 13.2 Å². The summed E-state index contributed by atoms with van der Waals surface area (Å²) in [6, 6.07) is 7.61. The molecule has 2 aliphatic rings. The van der Waals surface area contributed by atoms with Crippen LogP contribution in [0.25, 0.3) is 0 Å². The Bertz CT molecular complexity index is 999. The Morgan fingerprint density at radius 2 is 1.74 bits per heavy atom. The van der Waals surface area contributed by atoms with Crippen LogP contribution >= 0.6 is 0 Å². The summed E-state index contributed by atoms with van der Waals surface area (Å²) in [5, 5.41) is 28.9. The molecule has 1 aromatic carbocycles. The number of halogens is 3. The Kier molecular flexibility index (Phi) is 4.92. The number of likely N-dealkylation sites (tertiary alicyclic amines) is 1. The van der Waals surface area contributed by atoms with Gasteiger partial charge in [-0.2, -0.15) is 13.2 Å². The molecule has 1 atom stereocenters. The van der Waals surface area contributed by atoms with Gasteiger partial charge in [-0.05, 0) is 37.1 Å². The highest BCUT2D eigenvalue weighted by Crippen LogP contribution is 2.59. The first kappa shape index (κ1) is 21.7. The number of hydrogen-bond donors (Lipinski definition) is 4. The minimum absolute atomic E-state index is 0.0743. The van der Waals surface area contributed by atoms with Crippen molar-refractivity contribution in [2.45, 2.75) is 37.0 Å². The molecule has 2 fully saturated rings. The summed E-state index contributed by atoms with van der Waals surface area (Å²) in [6.07, 6.45) is -1.28. The zero-order chi connectivity index (χ0) is 22.7. The molecular weight excluding hydrogens is 409 g/mol. The SMILES string of the molecule is CN1CC(C)(C(O)(c2ccc(C3(C(F)(F)F)CC3)cc2)c2cncc(C(=N)NO)c2)C1. The Hall–Kier alpha value is -2.49. The maximum absolute atomic E-state index is 13.5. The molecule has 0 amide bonds. The highest BCUT2D eigenvalue weighted by atomic mass is 19.4. The van der Waals surface area contributed by atoms with Gasteiger partial charge in [0.15, 0.2) is 5.84 Å². The number of hydrogen-bond acceptors (Lipinski definition) is 5. The van der Waals surface area contributed by atoms with Crippen molar-refractivity contribution in [1.82, 2.24) is 15.4 Å². The lowest BCUT2D eigenvalue weighted by molar-refractivity contribution is -0.160. The van der Waals surface area contributed by atoms with Crippen molar-refractivity contribution >= 4 is 5.84 Å². The third-order valence-corrected chi connectivity index (χ3v) is 6.82. The molecule has 166 valence electrons. The Morgan fingerprint density at radius 1 is 1.13 bits per heavy atom. The third kappa shape index (κ3) is 3.22. The van der Waals surface area contributed by atoms with Crippen LogP contribution in [0.15, 0.2) is 42.7 Å². The van der Waals surface area contributed by atoms with E-state index in [0.717, 1.165) is 0 Å². The lowest BCUT2D eigenvalue weighted by atomic mass is 9.62. The number of aromatic nitrogens is 1. The van der Waals surface area contributed by atoms with E-state index < -0.39 is 22.6 Å². The molecule has 1 saturated carbocycles. The molecular formula is C22H25F3N4O2. The van der Waals surface area contributed by atoms with Gasteiger partial charge in [-0.3, -0.25) is 21.1 Å². The summed E-state index contributed by atoms with van der Waals surface area (Å²) in [4.78, 5) is 6.16. The van der Waals surface area contributed by atoms with Crippen molar-refractivity contribution in [2.24, 2.45) is 5.41 Å². The molecule has 0 radical (unpaired) electrons. The van der Waals surface area contributed by atoms with E-state index in [1.165, 1.54) is 24.5 Å². The number of amidine groups is 1. The number of pyridine rings is 1. The Morgan fingerprint density at radius 3 is 2.23 bits per heavy atom. The van der Waals surface area contributed by atoms with Crippen LogP contribution in [0.3, 0.4) is 0 Å². The third-order valence-electron chi connectivity index (χ3n) is 6.82. The van der Waals surface area contributed by atoms with Crippen molar-refractivity contribution < 1.29 is 23.5 Å². The van der Waals surface area contributed by atoms with E-state index in [2.05, 4.69) is 4.98 Å². The van der Waals surface area contributed by atoms with Crippen LogP contribution in [0, 0.1) is 10.8 Å². The Balaban J connectivity index is 1.79. The molecule has 4 rings (SSSR count). The maximum atomic E-state index is 13.5. The van der Waals surface area contributed by atoms with Gasteiger partial charge in [-0.15, -0.1) is 0 Å². The van der Waals surface area contributed by atoms with Crippen molar-refractivity contribution in [2.75, 3.05) is 20.1 Å². The largest absolute Gasteiger partial charge is 0.398 e. The Labute approximate surface area is 178 Å². The summed E-state index contributed by atoms with van der Waals surface area (Å²) in [5.74, 6) is -0.274. The molecule has 0 spiro atoms. The zero-order valence-electron chi connectivity index (χ0n) is 17.3. The second-order valence-electron chi connectivity index (χ2n) is 9.05. The van der Waals surface area contributed by atoms with E-state index in [-0.39, 0.29) is 29.8 Å². The van der Waals surface area contributed by atoms with Gasteiger partial charge in [-0.25, -0.2) is 0 Å². The number of alkyl halides is 3. The number of hydroxylamine groups is 1. The molecule has 1 saturated heterocycles. The van der Waals surface area contributed by atoms with Gasteiger partial charge >= 0.3 is 6.18 Å². The fourth-order valence-electron chi connectivity index (χ4n) is 4.97. The molecule has 0 bridgehead atoms. The van der Waals surface area contributed by atoms with Crippen molar-refractivity contribution in [3.05, 3.63) is 65.0 Å². The molecule has 2 aromatic rings. The fraction of sp³-hybridized carbons (Fsp3) is 0.455. The van der Waals surface area contributed by atoms with Gasteiger partial charge in [0, 0.05) is 42.0 Å². The minimum Gasteiger partial charge on any atom is -0.380 e. The van der Waals surface area contributed by atoms with Crippen molar-refractivity contribution in [1.29, 1.82) is 5.41 Å². The topological polar surface area (TPSA) is 92.5 Å². The summed E-state index contributed by atoms with van der Waals surface area (Å²) in [7, 11) is 1.92. The summed E-state index contributed by atoms with van der Waals surface area (Å²) >= 11 is 0. The van der Waals surface area contributed by atoms with E-state index in [1.807, 2.05) is 18.9 Å². The first-order chi connectivity index (χ1) is 14.5. The molecule has 1 unspecified atom stereocenters. The second-order valence-corrected chi connectivity index (χ2v) is 9.05. The molecule has 2 heterocycles. The summed E-state index contributed by atoms with van der Waals surface area (Å²) in [5.41, 5.74) is -0.835. The number of aliphatic hydroxyl groups is 1. The van der Waals surface area contributed by atoms with Crippen LogP contribution in [0.1, 0.15) is 42.0 Å². The number of rotatable bonds is 5. The number of nitrogens with one attached hydrogen (secondary N) is 2. The van der Waals surface area contributed by atoms with Crippen molar-refractivity contribution in [3.8, 4) is 0 Å². The molecule has 1 aliphatic heterocycles. The molecule has 1 aliphatic carbocycles.